The first-order valence-corrected chi connectivity index (χ1v) is 12.4. The van der Waals surface area contributed by atoms with Gasteiger partial charge in [-0.3, -0.25) is 14.7 Å². The average molecular weight is 465 g/mol. The molecule has 1 saturated heterocycles. The van der Waals surface area contributed by atoms with Gasteiger partial charge < -0.3 is 5.32 Å². The highest BCUT2D eigenvalue weighted by molar-refractivity contribution is 7.89. The van der Waals surface area contributed by atoms with Gasteiger partial charge in [-0.25, -0.2) is 8.42 Å². The third-order valence-electron chi connectivity index (χ3n) is 5.79. The lowest BCUT2D eigenvalue weighted by Gasteiger charge is -2.34. The second-order valence-electron chi connectivity index (χ2n) is 8.23. The number of nitrogens with zero attached hydrogens (tertiary/aromatic N) is 3. The number of pyridine rings is 1. The first kappa shape index (κ1) is 23.1. The lowest BCUT2D eigenvalue weighted by atomic mass is 10.1. The van der Waals surface area contributed by atoms with Crippen LogP contribution in [0.4, 0.5) is 0 Å². The van der Waals surface area contributed by atoms with Gasteiger partial charge in [-0.15, -0.1) is 0 Å². The quantitative estimate of drug-likeness (QED) is 0.581. The van der Waals surface area contributed by atoms with E-state index in [9.17, 15) is 13.2 Å². The highest BCUT2D eigenvalue weighted by atomic mass is 32.2. The van der Waals surface area contributed by atoms with E-state index in [0.29, 0.717) is 43.2 Å². The van der Waals surface area contributed by atoms with Crippen LogP contribution in [0.15, 0.2) is 78.0 Å². The third kappa shape index (κ3) is 5.84. The Kier molecular flexibility index (Phi) is 7.17. The number of nitrogens with one attached hydrogen (secondary N) is 1. The first-order chi connectivity index (χ1) is 15.9. The number of sulfonamides is 1. The smallest absolute Gasteiger partial charge is 0.251 e. The zero-order valence-corrected chi connectivity index (χ0v) is 19.5. The molecular weight excluding hydrogens is 436 g/mol. The van der Waals surface area contributed by atoms with Crippen LogP contribution >= 0.6 is 0 Å². The number of carbonyl (C=O) groups is 1. The Morgan fingerprint density at radius 1 is 0.939 bits per heavy atom. The summed E-state index contributed by atoms with van der Waals surface area (Å²) in [5.41, 5.74) is 3.69. The van der Waals surface area contributed by atoms with Gasteiger partial charge in [0.25, 0.3) is 5.91 Å². The van der Waals surface area contributed by atoms with Crippen molar-refractivity contribution in [2.24, 2.45) is 0 Å². The molecule has 0 spiro atoms. The lowest BCUT2D eigenvalue weighted by Crippen LogP contribution is -2.48. The molecule has 8 heteroatoms. The monoisotopic (exact) mass is 464 g/mol. The van der Waals surface area contributed by atoms with E-state index in [4.69, 9.17) is 0 Å². The van der Waals surface area contributed by atoms with E-state index in [0.717, 1.165) is 23.2 Å². The topological polar surface area (TPSA) is 82.6 Å². The fourth-order valence-corrected chi connectivity index (χ4v) is 5.22. The summed E-state index contributed by atoms with van der Waals surface area (Å²) in [7, 11) is -3.46. The van der Waals surface area contributed by atoms with E-state index in [1.54, 1.807) is 28.8 Å². The van der Waals surface area contributed by atoms with Crippen molar-refractivity contribution in [2.75, 3.05) is 26.2 Å². The van der Waals surface area contributed by atoms with Crippen LogP contribution < -0.4 is 5.32 Å². The largest absolute Gasteiger partial charge is 0.348 e. The highest BCUT2D eigenvalue weighted by Crippen LogP contribution is 2.19. The number of piperazine rings is 1. The molecule has 1 amide bonds. The summed E-state index contributed by atoms with van der Waals surface area (Å²) in [6.07, 6.45) is 3.43. The summed E-state index contributed by atoms with van der Waals surface area (Å²) in [6, 6.07) is 18.3. The molecule has 1 aliphatic heterocycles. The molecule has 3 aromatic rings. The van der Waals surface area contributed by atoms with E-state index in [1.807, 2.05) is 55.5 Å². The number of carbonyl (C=O) groups excluding carboxylic acids is 1. The van der Waals surface area contributed by atoms with Gasteiger partial charge in [-0.1, -0.05) is 35.9 Å². The number of aromatic nitrogens is 1. The second kappa shape index (κ2) is 10.2. The maximum atomic E-state index is 12.9. The molecular formula is C25H28N4O3S. The average Bonchev–Trinajstić information content (AvgIpc) is 2.84. The van der Waals surface area contributed by atoms with Crippen LogP contribution in [-0.4, -0.2) is 54.7 Å². The number of benzene rings is 2. The summed E-state index contributed by atoms with van der Waals surface area (Å²) < 4.78 is 27.3. The number of hydrogen-bond donors (Lipinski definition) is 1. The van der Waals surface area contributed by atoms with Crippen LogP contribution in [0.1, 0.15) is 27.0 Å². The normalized spacial score (nSPS) is 15.3. The molecule has 0 unspecified atom stereocenters. The zero-order chi connectivity index (χ0) is 23.3. The van der Waals surface area contributed by atoms with Gasteiger partial charge in [-0.2, -0.15) is 4.31 Å². The minimum absolute atomic E-state index is 0.125. The number of hydrogen-bond acceptors (Lipinski definition) is 5. The van der Waals surface area contributed by atoms with Gasteiger partial charge in [0.05, 0.1) is 4.90 Å². The standard InChI is InChI=1S/C25H28N4O3S/c1-20-4-10-24(11-5-20)33(31,32)29-15-13-28(14-16-29)19-21-6-8-23(9-7-21)25(30)27-18-22-3-2-12-26-17-22/h2-12,17H,13-16,18-19H2,1H3,(H,27,30). The summed E-state index contributed by atoms with van der Waals surface area (Å²) in [4.78, 5) is 19.0. The SMILES string of the molecule is Cc1ccc(S(=O)(=O)N2CCN(Cc3ccc(C(=O)NCc4cccnc4)cc3)CC2)cc1. The Bertz CT molecular complexity index is 1170. The van der Waals surface area contributed by atoms with E-state index in [1.165, 1.54) is 0 Å². The van der Waals surface area contributed by atoms with Gasteiger partial charge in [0.15, 0.2) is 0 Å². The molecule has 2 heterocycles. The minimum atomic E-state index is -3.46. The molecule has 0 atom stereocenters. The fraction of sp³-hybridized carbons (Fsp3) is 0.280. The Morgan fingerprint density at radius 3 is 2.27 bits per heavy atom. The van der Waals surface area contributed by atoms with Crippen LogP contribution in [0.2, 0.25) is 0 Å². The van der Waals surface area contributed by atoms with Gasteiger partial charge in [0.1, 0.15) is 0 Å². The van der Waals surface area contributed by atoms with Crippen LogP contribution in [0.5, 0.6) is 0 Å². The molecule has 1 aliphatic rings. The predicted octanol–water partition coefficient (Wildman–Crippen LogP) is 2.83. The molecule has 172 valence electrons. The highest BCUT2D eigenvalue weighted by Gasteiger charge is 2.28. The summed E-state index contributed by atoms with van der Waals surface area (Å²) in [5.74, 6) is -0.125. The van der Waals surface area contributed by atoms with E-state index in [-0.39, 0.29) is 5.91 Å². The van der Waals surface area contributed by atoms with E-state index >= 15 is 0 Å². The van der Waals surface area contributed by atoms with E-state index in [2.05, 4.69) is 15.2 Å². The molecule has 0 saturated carbocycles. The predicted molar refractivity (Wildman–Crippen MR) is 127 cm³/mol. The zero-order valence-electron chi connectivity index (χ0n) is 18.6. The molecule has 1 fully saturated rings. The molecule has 1 aromatic heterocycles. The fourth-order valence-electron chi connectivity index (χ4n) is 3.79. The number of rotatable bonds is 7. The van der Waals surface area contributed by atoms with Crippen LogP contribution in [-0.2, 0) is 23.1 Å². The number of aryl methyl sites for hydroxylation is 1. The van der Waals surface area contributed by atoms with Crippen molar-refractivity contribution < 1.29 is 13.2 Å². The van der Waals surface area contributed by atoms with Crippen molar-refractivity contribution in [2.45, 2.75) is 24.9 Å². The van der Waals surface area contributed by atoms with Crippen molar-refractivity contribution >= 4 is 15.9 Å². The van der Waals surface area contributed by atoms with Crippen molar-refractivity contribution in [3.05, 3.63) is 95.3 Å². The van der Waals surface area contributed by atoms with Crippen LogP contribution in [0, 0.1) is 6.92 Å². The molecule has 0 bridgehead atoms. The minimum Gasteiger partial charge on any atom is -0.348 e. The van der Waals surface area contributed by atoms with Crippen molar-refractivity contribution in [3.63, 3.8) is 0 Å². The molecule has 1 N–H and O–H groups in total. The lowest BCUT2D eigenvalue weighted by molar-refractivity contribution is 0.0951. The summed E-state index contributed by atoms with van der Waals surface area (Å²) in [5, 5.41) is 2.90. The maximum absolute atomic E-state index is 12.9. The van der Waals surface area contributed by atoms with Crippen molar-refractivity contribution in [3.8, 4) is 0 Å². The van der Waals surface area contributed by atoms with Gasteiger partial charge >= 0.3 is 0 Å². The number of amides is 1. The molecule has 2 aromatic carbocycles. The van der Waals surface area contributed by atoms with Gasteiger partial charge in [0, 0.05) is 57.2 Å². The molecule has 0 radical (unpaired) electrons. The third-order valence-corrected chi connectivity index (χ3v) is 7.70. The molecule has 0 aliphatic carbocycles. The van der Waals surface area contributed by atoms with E-state index < -0.39 is 10.0 Å². The Balaban J connectivity index is 1.28. The molecule has 7 nitrogen and oxygen atoms in total. The van der Waals surface area contributed by atoms with Crippen molar-refractivity contribution in [1.29, 1.82) is 0 Å². The molecule has 4 rings (SSSR count). The summed E-state index contributed by atoms with van der Waals surface area (Å²) >= 11 is 0. The maximum Gasteiger partial charge on any atom is 0.251 e. The van der Waals surface area contributed by atoms with Crippen LogP contribution in [0.25, 0.3) is 0 Å². The Morgan fingerprint density at radius 2 is 1.64 bits per heavy atom. The Labute approximate surface area is 195 Å². The van der Waals surface area contributed by atoms with Gasteiger partial charge in [-0.05, 0) is 48.4 Å². The molecule has 33 heavy (non-hydrogen) atoms. The van der Waals surface area contributed by atoms with Crippen molar-refractivity contribution in [1.82, 2.24) is 19.5 Å². The van der Waals surface area contributed by atoms with Crippen LogP contribution in [0.3, 0.4) is 0 Å². The first-order valence-electron chi connectivity index (χ1n) is 11.0. The summed E-state index contributed by atoms with van der Waals surface area (Å²) in [6.45, 7) is 5.35. The second-order valence-corrected chi connectivity index (χ2v) is 10.2. The van der Waals surface area contributed by atoms with Gasteiger partial charge in [0.2, 0.25) is 10.0 Å². The Hall–Kier alpha value is -3.07.